The highest BCUT2D eigenvalue weighted by molar-refractivity contribution is 5.94. The lowest BCUT2D eigenvalue weighted by Gasteiger charge is -2.34. The molecule has 158 valence electrons. The number of nitrogens with zero attached hydrogens (tertiary/aromatic N) is 2. The van der Waals surface area contributed by atoms with E-state index in [0.717, 1.165) is 56.0 Å². The maximum Gasteiger partial charge on any atom is 0.253 e. The molecule has 0 spiro atoms. The van der Waals surface area contributed by atoms with Gasteiger partial charge in [-0.1, -0.05) is 12.1 Å². The number of hydrogen-bond donors (Lipinski definition) is 3. The minimum atomic E-state index is -0.344. The summed E-state index contributed by atoms with van der Waals surface area (Å²) in [6.45, 7) is 2.93. The quantitative estimate of drug-likeness (QED) is 0.494. The molecule has 1 aromatic rings. The number of aliphatic imine (C=N–C) groups is 1. The summed E-state index contributed by atoms with van der Waals surface area (Å²) in [7, 11) is 1.76. The number of amides is 2. The fourth-order valence-corrected chi connectivity index (χ4v) is 3.99. The third-order valence-electron chi connectivity index (χ3n) is 5.39. The molecule has 2 saturated heterocycles. The van der Waals surface area contributed by atoms with E-state index in [-0.39, 0.29) is 23.8 Å². The van der Waals surface area contributed by atoms with E-state index in [1.165, 1.54) is 0 Å². The van der Waals surface area contributed by atoms with Gasteiger partial charge in [0.05, 0.1) is 0 Å². The van der Waals surface area contributed by atoms with E-state index < -0.39 is 0 Å². The van der Waals surface area contributed by atoms with E-state index in [2.05, 4.69) is 20.5 Å². The van der Waals surface area contributed by atoms with Crippen molar-refractivity contribution in [3.8, 4) is 0 Å². The van der Waals surface area contributed by atoms with Gasteiger partial charge in [-0.15, -0.1) is 0 Å². The number of hydrogen-bond acceptors (Lipinski definition) is 4. The van der Waals surface area contributed by atoms with Crippen LogP contribution in [0, 0.1) is 5.92 Å². The van der Waals surface area contributed by atoms with Gasteiger partial charge in [0.2, 0.25) is 5.91 Å². The Hall–Kier alpha value is -2.61. The zero-order valence-electron chi connectivity index (χ0n) is 17.0. The fourth-order valence-electron chi connectivity index (χ4n) is 3.99. The summed E-state index contributed by atoms with van der Waals surface area (Å²) in [5, 5.41) is 6.32. The summed E-state index contributed by atoms with van der Waals surface area (Å²) in [4.78, 5) is 30.1. The van der Waals surface area contributed by atoms with Gasteiger partial charge >= 0.3 is 0 Å². The lowest BCUT2D eigenvalue weighted by atomic mass is 9.95. The third-order valence-corrected chi connectivity index (χ3v) is 5.39. The minimum absolute atomic E-state index is 0.0859. The van der Waals surface area contributed by atoms with Crippen molar-refractivity contribution in [3.05, 3.63) is 29.8 Å². The number of ether oxygens (including phenoxy) is 1. The first-order valence-corrected chi connectivity index (χ1v) is 10.3. The Labute approximate surface area is 171 Å². The number of likely N-dealkylation sites (tertiary alicyclic amines) is 1. The van der Waals surface area contributed by atoms with Crippen molar-refractivity contribution in [3.63, 3.8) is 0 Å². The molecule has 2 aliphatic heterocycles. The Balaban J connectivity index is 1.54. The number of nitrogens with one attached hydrogen (secondary N) is 2. The minimum Gasteiger partial charge on any atom is -0.370 e. The van der Waals surface area contributed by atoms with Crippen molar-refractivity contribution in [1.29, 1.82) is 0 Å². The fraction of sp³-hybridized carbons (Fsp3) is 0.571. The molecule has 3 rings (SSSR count). The zero-order chi connectivity index (χ0) is 20.6. The highest BCUT2D eigenvalue weighted by atomic mass is 16.5. The topological polar surface area (TPSA) is 109 Å². The van der Waals surface area contributed by atoms with Gasteiger partial charge in [0.1, 0.15) is 6.10 Å². The Morgan fingerprint density at radius 1 is 1.31 bits per heavy atom. The predicted octanol–water partition coefficient (Wildman–Crippen LogP) is 1.47. The zero-order valence-corrected chi connectivity index (χ0v) is 17.0. The van der Waals surface area contributed by atoms with Crippen molar-refractivity contribution in [2.24, 2.45) is 16.6 Å². The first-order valence-electron chi connectivity index (χ1n) is 10.3. The molecule has 2 heterocycles. The molecule has 0 radical (unpaired) electrons. The lowest BCUT2D eigenvalue weighted by molar-refractivity contribution is -0.124. The van der Waals surface area contributed by atoms with Gasteiger partial charge in [0.25, 0.3) is 5.91 Å². The van der Waals surface area contributed by atoms with Crippen LogP contribution in [-0.2, 0) is 20.9 Å². The van der Waals surface area contributed by atoms with Crippen molar-refractivity contribution < 1.29 is 14.3 Å². The second-order valence-corrected chi connectivity index (χ2v) is 7.72. The van der Waals surface area contributed by atoms with E-state index in [4.69, 9.17) is 10.5 Å². The number of primary amides is 1. The molecule has 2 unspecified atom stereocenters. The number of benzene rings is 1. The molecular formula is C21H31N5O3. The van der Waals surface area contributed by atoms with E-state index in [1.54, 1.807) is 7.05 Å². The summed E-state index contributed by atoms with van der Waals surface area (Å²) in [6.07, 6.45) is 3.81. The standard InChI is InChI=1S/C21H31N5O3/c1-23-21(26-9-3-6-16(14-26)12-19(22)27)24-13-15-5-2-7-17(11-15)25-20(28)18-8-4-10-29-18/h2,5,7,11,16,18H,3-4,6,8-10,12-14H2,1H3,(H2,22,27)(H,23,24)(H,25,28). The van der Waals surface area contributed by atoms with Crippen molar-refractivity contribution >= 4 is 23.5 Å². The Morgan fingerprint density at radius 3 is 2.90 bits per heavy atom. The van der Waals surface area contributed by atoms with Gasteiger partial charge in [-0.3, -0.25) is 14.6 Å². The van der Waals surface area contributed by atoms with Crippen molar-refractivity contribution in [2.75, 3.05) is 32.1 Å². The molecule has 2 aliphatic rings. The van der Waals surface area contributed by atoms with Crippen LogP contribution < -0.4 is 16.4 Å². The molecule has 2 atom stereocenters. The summed E-state index contributed by atoms with van der Waals surface area (Å²) >= 11 is 0. The van der Waals surface area contributed by atoms with Crippen molar-refractivity contribution in [2.45, 2.75) is 44.8 Å². The second kappa shape index (κ2) is 10.2. The van der Waals surface area contributed by atoms with Crippen LogP contribution in [0.15, 0.2) is 29.3 Å². The highest BCUT2D eigenvalue weighted by Gasteiger charge is 2.24. The highest BCUT2D eigenvalue weighted by Crippen LogP contribution is 2.20. The molecule has 0 aromatic heterocycles. The van der Waals surface area contributed by atoms with Gasteiger partial charge in [0.15, 0.2) is 5.96 Å². The number of rotatable bonds is 6. The Kier molecular flexibility index (Phi) is 7.46. The number of piperidine rings is 1. The summed E-state index contributed by atoms with van der Waals surface area (Å²) in [6, 6.07) is 7.77. The van der Waals surface area contributed by atoms with Crippen LogP contribution in [0.5, 0.6) is 0 Å². The van der Waals surface area contributed by atoms with Gasteiger partial charge in [-0.25, -0.2) is 0 Å². The Bertz CT molecular complexity index is 746. The lowest BCUT2D eigenvalue weighted by Crippen LogP contribution is -2.46. The average molecular weight is 402 g/mol. The van der Waals surface area contributed by atoms with Crippen LogP contribution in [0.3, 0.4) is 0 Å². The first kappa shape index (κ1) is 21.1. The molecule has 29 heavy (non-hydrogen) atoms. The molecule has 4 N–H and O–H groups in total. The number of guanidine groups is 1. The Morgan fingerprint density at radius 2 is 2.17 bits per heavy atom. The van der Waals surface area contributed by atoms with Crippen LogP contribution in [-0.4, -0.2) is 55.5 Å². The van der Waals surface area contributed by atoms with E-state index in [1.807, 2.05) is 24.3 Å². The summed E-state index contributed by atoms with van der Waals surface area (Å²) in [5.74, 6) is 0.753. The van der Waals surface area contributed by atoms with Crippen LogP contribution in [0.1, 0.15) is 37.7 Å². The number of anilines is 1. The normalized spacial score (nSPS) is 22.4. The molecular weight excluding hydrogens is 370 g/mol. The van der Waals surface area contributed by atoms with Crippen LogP contribution in [0.4, 0.5) is 5.69 Å². The predicted molar refractivity (Wildman–Crippen MR) is 112 cm³/mol. The molecule has 1 aromatic carbocycles. The average Bonchev–Trinajstić information content (AvgIpc) is 3.24. The molecule has 0 saturated carbocycles. The van der Waals surface area contributed by atoms with Gasteiger partial charge in [-0.2, -0.15) is 0 Å². The third kappa shape index (κ3) is 6.19. The number of carbonyl (C=O) groups is 2. The monoisotopic (exact) mass is 401 g/mol. The largest absolute Gasteiger partial charge is 0.370 e. The van der Waals surface area contributed by atoms with Crippen LogP contribution in [0.2, 0.25) is 0 Å². The number of carbonyl (C=O) groups excluding carboxylic acids is 2. The summed E-state index contributed by atoms with van der Waals surface area (Å²) in [5.41, 5.74) is 7.17. The maximum atomic E-state index is 12.2. The molecule has 2 amide bonds. The van der Waals surface area contributed by atoms with E-state index in [0.29, 0.717) is 19.6 Å². The molecule has 2 fully saturated rings. The first-order chi connectivity index (χ1) is 14.0. The molecule has 0 aliphatic carbocycles. The SMILES string of the molecule is CN=C(NCc1cccc(NC(=O)C2CCCO2)c1)N1CCCC(CC(N)=O)C1. The molecule has 0 bridgehead atoms. The van der Waals surface area contributed by atoms with Gasteiger partial charge in [0, 0.05) is 45.4 Å². The number of nitrogens with two attached hydrogens (primary N) is 1. The van der Waals surface area contributed by atoms with Crippen molar-refractivity contribution in [1.82, 2.24) is 10.2 Å². The van der Waals surface area contributed by atoms with Gasteiger partial charge in [-0.05, 0) is 49.3 Å². The maximum absolute atomic E-state index is 12.2. The van der Waals surface area contributed by atoms with E-state index in [9.17, 15) is 9.59 Å². The molecule has 8 heteroatoms. The van der Waals surface area contributed by atoms with Crippen LogP contribution >= 0.6 is 0 Å². The van der Waals surface area contributed by atoms with E-state index >= 15 is 0 Å². The summed E-state index contributed by atoms with van der Waals surface area (Å²) < 4.78 is 5.44. The molecule has 8 nitrogen and oxygen atoms in total. The van der Waals surface area contributed by atoms with Gasteiger partial charge < -0.3 is 26.0 Å². The second-order valence-electron chi connectivity index (χ2n) is 7.72. The smallest absolute Gasteiger partial charge is 0.253 e. The van der Waals surface area contributed by atoms with Crippen LogP contribution in [0.25, 0.3) is 0 Å².